The first-order valence-electron chi connectivity index (χ1n) is 5.78. The number of rotatable bonds is 2. The number of halogens is 2. The lowest BCUT2D eigenvalue weighted by Gasteiger charge is -2.10. The minimum absolute atomic E-state index is 0.200. The minimum Gasteiger partial charge on any atom is -0.322 e. The van der Waals surface area contributed by atoms with Gasteiger partial charge in [-0.15, -0.1) is 0 Å². The molecule has 0 saturated carbocycles. The van der Waals surface area contributed by atoms with Crippen LogP contribution in [-0.2, 0) is 0 Å². The maximum Gasteiger partial charge on any atom is 0.256 e. The number of amides is 1. The molecule has 0 saturated heterocycles. The van der Waals surface area contributed by atoms with Crippen LogP contribution in [0.5, 0.6) is 0 Å². The molecule has 20 heavy (non-hydrogen) atoms. The summed E-state index contributed by atoms with van der Waals surface area (Å²) in [5, 5.41) is 11.8. The van der Waals surface area contributed by atoms with Crippen LogP contribution in [0, 0.1) is 21.8 Å². The van der Waals surface area contributed by atoms with Gasteiger partial charge in [-0.25, -0.2) is 0 Å². The molecular formula is C15H10BrIN2O. The molecule has 0 fully saturated rings. The molecule has 0 aromatic heterocycles. The van der Waals surface area contributed by atoms with Crippen molar-refractivity contribution in [2.45, 2.75) is 6.92 Å². The van der Waals surface area contributed by atoms with Crippen molar-refractivity contribution in [3.05, 3.63) is 61.1 Å². The van der Waals surface area contributed by atoms with Crippen molar-refractivity contribution in [3.8, 4) is 6.07 Å². The molecule has 2 aromatic carbocycles. The molecule has 5 heteroatoms. The first-order valence-corrected chi connectivity index (χ1v) is 7.65. The Morgan fingerprint density at radius 1 is 1.30 bits per heavy atom. The molecular weight excluding hydrogens is 431 g/mol. The van der Waals surface area contributed by atoms with Crippen molar-refractivity contribution in [1.82, 2.24) is 0 Å². The third-order valence-electron chi connectivity index (χ3n) is 2.79. The van der Waals surface area contributed by atoms with E-state index in [0.29, 0.717) is 16.8 Å². The monoisotopic (exact) mass is 440 g/mol. The van der Waals surface area contributed by atoms with Gasteiger partial charge in [0.05, 0.1) is 17.2 Å². The number of anilines is 1. The molecule has 0 heterocycles. The van der Waals surface area contributed by atoms with Crippen LogP contribution in [0.1, 0.15) is 21.5 Å². The summed E-state index contributed by atoms with van der Waals surface area (Å²) in [6.07, 6.45) is 0. The highest BCUT2D eigenvalue weighted by molar-refractivity contribution is 14.1. The minimum atomic E-state index is -0.200. The predicted octanol–water partition coefficient (Wildman–Crippen LogP) is 4.49. The molecule has 100 valence electrons. The lowest BCUT2D eigenvalue weighted by molar-refractivity contribution is 0.102. The number of nitriles is 1. The number of aryl methyl sites for hydroxylation is 1. The second-order valence-corrected chi connectivity index (χ2v) is 6.32. The number of carbonyl (C=O) groups excluding carboxylic acids is 1. The fraction of sp³-hybridized carbons (Fsp3) is 0.0667. The summed E-state index contributed by atoms with van der Waals surface area (Å²) in [5.74, 6) is -0.200. The van der Waals surface area contributed by atoms with Crippen molar-refractivity contribution in [2.75, 3.05) is 5.32 Å². The molecule has 1 N–H and O–H groups in total. The lowest BCUT2D eigenvalue weighted by Crippen LogP contribution is -2.13. The van der Waals surface area contributed by atoms with Crippen LogP contribution in [0.25, 0.3) is 0 Å². The lowest BCUT2D eigenvalue weighted by atomic mass is 10.1. The van der Waals surface area contributed by atoms with Gasteiger partial charge in [0.15, 0.2) is 0 Å². The van der Waals surface area contributed by atoms with E-state index in [0.717, 1.165) is 13.6 Å². The van der Waals surface area contributed by atoms with Gasteiger partial charge in [0, 0.05) is 13.7 Å². The molecule has 2 aromatic rings. The summed E-state index contributed by atoms with van der Waals surface area (Å²) >= 11 is 5.54. The molecule has 0 bridgehead atoms. The van der Waals surface area contributed by atoms with E-state index in [1.165, 1.54) is 0 Å². The van der Waals surface area contributed by atoms with E-state index in [4.69, 9.17) is 5.26 Å². The van der Waals surface area contributed by atoms with Crippen molar-refractivity contribution < 1.29 is 4.79 Å². The maximum absolute atomic E-state index is 12.3. The second kappa shape index (κ2) is 6.37. The summed E-state index contributed by atoms with van der Waals surface area (Å²) in [6.45, 7) is 1.89. The molecule has 0 aliphatic heterocycles. The molecule has 0 atom stereocenters. The molecule has 0 unspecified atom stereocenters. The van der Waals surface area contributed by atoms with E-state index in [9.17, 15) is 4.79 Å². The Balaban J connectivity index is 2.33. The molecule has 0 radical (unpaired) electrons. The van der Waals surface area contributed by atoms with Gasteiger partial charge in [0.25, 0.3) is 5.91 Å². The molecule has 2 rings (SSSR count). The third-order valence-corrected chi connectivity index (χ3v) is 4.15. The number of nitrogens with zero attached hydrogens (tertiary/aromatic N) is 1. The quantitative estimate of drug-likeness (QED) is 0.699. The topological polar surface area (TPSA) is 52.9 Å². The van der Waals surface area contributed by atoms with Gasteiger partial charge in [0.2, 0.25) is 0 Å². The van der Waals surface area contributed by atoms with Gasteiger partial charge in [-0.05, 0) is 81.3 Å². The van der Waals surface area contributed by atoms with Gasteiger partial charge in [0.1, 0.15) is 0 Å². The van der Waals surface area contributed by atoms with E-state index in [-0.39, 0.29) is 5.91 Å². The van der Waals surface area contributed by atoms with Crippen LogP contribution in [0.15, 0.2) is 40.9 Å². The summed E-state index contributed by atoms with van der Waals surface area (Å²) < 4.78 is 1.72. The summed E-state index contributed by atoms with van der Waals surface area (Å²) in [4.78, 5) is 12.3. The highest BCUT2D eigenvalue weighted by Crippen LogP contribution is 2.22. The van der Waals surface area contributed by atoms with E-state index in [1.807, 2.05) is 31.2 Å². The summed E-state index contributed by atoms with van der Waals surface area (Å²) in [5.41, 5.74) is 2.66. The Bertz CT molecular complexity index is 722. The van der Waals surface area contributed by atoms with Crippen molar-refractivity contribution in [1.29, 1.82) is 5.26 Å². The highest BCUT2D eigenvalue weighted by atomic mass is 127. The zero-order chi connectivity index (χ0) is 14.7. The molecule has 0 aliphatic carbocycles. The molecule has 0 aliphatic rings. The smallest absolute Gasteiger partial charge is 0.256 e. The van der Waals surface area contributed by atoms with Crippen LogP contribution < -0.4 is 5.32 Å². The predicted molar refractivity (Wildman–Crippen MR) is 90.7 cm³/mol. The first kappa shape index (κ1) is 15.0. The Hall–Kier alpha value is -1.39. The van der Waals surface area contributed by atoms with E-state index < -0.39 is 0 Å². The highest BCUT2D eigenvalue weighted by Gasteiger charge is 2.12. The van der Waals surface area contributed by atoms with Crippen molar-refractivity contribution >= 4 is 50.1 Å². The Morgan fingerprint density at radius 3 is 2.75 bits per heavy atom. The van der Waals surface area contributed by atoms with E-state index >= 15 is 0 Å². The van der Waals surface area contributed by atoms with Crippen LogP contribution in [0.4, 0.5) is 5.69 Å². The van der Waals surface area contributed by atoms with Crippen LogP contribution in [-0.4, -0.2) is 5.91 Å². The van der Waals surface area contributed by atoms with Gasteiger partial charge in [-0.3, -0.25) is 4.79 Å². The Labute approximate surface area is 139 Å². The first-order chi connectivity index (χ1) is 9.51. The third kappa shape index (κ3) is 3.38. The zero-order valence-electron chi connectivity index (χ0n) is 10.6. The average Bonchev–Trinajstić information content (AvgIpc) is 2.43. The van der Waals surface area contributed by atoms with Crippen LogP contribution in [0.3, 0.4) is 0 Å². The maximum atomic E-state index is 12.3. The van der Waals surface area contributed by atoms with Crippen LogP contribution in [0.2, 0.25) is 0 Å². The number of hydrogen-bond acceptors (Lipinski definition) is 2. The zero-order valence-corrected chi connectivity index (χ0v) is 14.3. The SMILES string of the molecule is Cc1ccc(C#N)cc1NC(=O)c1cc(I)ccc1Br. The second-order valence-electron chi connectivity index (χ2n) is 4.22. The van der Waals surface area contributed by atoms with E-state index in [1.54, 1.807) is 12.1 Å². The van der Waals surface area contributed by atoms with E-state index in [2.05, 4.69) is 49.9 Å². The summed E-state index contributed by atoms with van der Waals surface area (Å²) in [7, 11) is 0. The largest absolute Gasteiger partial charge is 0.322 e. The van der Waals surface area contributed by atoms with Gasteiger partial charge in [-0.2, -0.15) is 5.26 Å². The van der Waals surface area contributed by atoms with Gasteiger partial charge < -0.3 is 5.32 Å². The standard InChI is InChI=1S/C15H10BrIN2O/c1-9-2-3-10(8-18)6-14(9)19-15(20)12-7-11(17)4-5-13(12)16/h2-7H,1H3,(H,19,20). The average molecular weight is 441 g/mol. The van der Waals surface area contributed by atoms with Crippen LogP contribution >= 0.6 is 38.5 Å². The Kier molecular flexibility index (Phi) is 4.78. The summed E-state index contributed by atoms with van der Waals surface area (Å²) in [6, 6.07) is 12.9. The number of benzene rings is 2. The van der Waals surface area contributed by atoms with Crippen molar-refractivity contribution in [3.63, 3.8) is 0 Å². The molecule has 0 spiro atoms. The fourth-order valence-electron chi connectivity index (χ4n) is 1.69. The number of carbonyl (C=O) groups is 1. The fourth-order valence-corrected chi connectivity index (χ4v) is 2.61. The van der Waals surface area contributed by atoms with Gasteiger partial charge in [-0.1, -0.05) is 6.07 Å². The Morgan fingerprint density at radius 2 is 2.05 bits per heavy atom. The number of hydrogen-bond donors (Lipinski definition) is 1. The normalized spacial score (nSPS) is 9.90. The molecule has 1 amide bonds. The number of nitrogens with one attached hydrogen (secondary N) is 1. The van der Waals surface area contributed by atoms with Gasteiger partial charge >= 0.3 is 0 Å². The molecule has 3 nitrogen and oxygen atoms in total. The van der Waals surface area contributed by atoms with Crippen molar-refractivity contribution in [2.24, 2.45) is 0 Å².